The van der Waals surface area contributed by atoms with Crippen molar-refractivity contribution in [3.63, 3.8) is 0 Å². The molecule has 2 aliphatic heterocycles. The van der Waals surface area contributed by atoms with Crippen molar-refractivity contribution in [2.45, 2.75) is 43.2 Å². The highest BCUT2D eigenvalue weighted by atomic mass is 32.2. The summed E-state index contributed by atoms with van der Waals surface area (Å²) in [6.45, 7) is 1.58. The molecule has 2 aromatic rings. The molecular formula is C17H21N5O4S. The predicted molar refractivity (Wildman–Crippen MR) is 99.0 cm³/mol. The van der Waals surface area contributed by atoms with Crippen molar-refractivity contribution in [1.82, 2.24) is 13.9 Å². The van der Waals surface area contributed by atoms with Gasteiger partial charge in [0.15, 0.2) is 0 Å². The summed E-state index contributed by atoms with van der Waals surface area (Å²) >= 11 is 0. The molecule has 1 aromatic heterocycles. The molecule has 9 nitrogen and oxygen atoms in total. The average molecular weight is 391 g/mol. The number of aryl methyl sites for hydroxylation is 1. The first kappa shape index (κ1) is 17.9. The van der Waals surface area contributed by atoms with E-state index in [4.69, 9.17) is 0 Å². The molecule has 0 unspecified atom stereocenters. The highest BCUT2D eigenvalue weighted by molar-refractivity contribution is 7.89. The monoisotopic (exact) mass is 391 g/mol. The van der Waals surface area contributed by atoms with E-state index in [2.05, 4.69) is 10.3 Å². The quantitative estimate of drug-likeness (QED) is 0.617. The maximum Gasteiger partial charge on any atom is 0.270 e. The highest BCUT2D eigenvalue weighted by Gasteiger charge is 2.32. The Bertz CT molecular complexity index is 965. The van der Waals surface area contributed by atoms with Gasteiger partial charge in [-0.05, 0) is 25.3 Å². The smallest absolute Gasteiger partial charge is 0.270 e. The normalized spacial score (nSPS) is 20.4. The van der Waals surface area contributed by atoms with E-state index in [1.165, 1.54) is 22.5 Å². The molecule has 0 radical (unpaired) electrons. The van der Waals surface area contributed by atoms with Crippen molar-refractivity contribution < 1.29 is 13.3 Å². The summed E-state index contributed by atoms with van der Waals surface area (Å²) in [4.78, 5) is 14.9. The molecule has 0 saturated carbocycles. The van der Waals surface area contributed by atoms with Crippen LogP contribution >= 0.6 is 0 Å². The summed E-state index contributed by atoms with van der Waals surface area (Å²) in [5.74, 6) is 1.02. The van der Waals surface area contributed by atoms with E-state index in [-0.39, 0.29) is 16.6 Å². The van der Waals surface area contributed by atoms with Gasteiger partial charge >= 0.3 is 0 Å². The zero-order valence-corrected chi connectivity index (χ0v) is 15.6. The van der Waals surface area contributed by atoms with Gasteiger partial charge in [-0.1, -0.05) is 0 Å². The average Bonchev–Trinajstić information content (AvgIpc) is 3.33. The standard InChI is InChI=1S/C17H21N5O4S/c23-22(24)14-4-5-15(16(11-14)27(25,26)21-8-1-2-9-21)19-13-3-6-17-18-7-10-20(17)12-13/h4-5,7,10-11,13,19H,1-3,6,8-9,12H2/t13-/m0/s1. The minimum atomic E-state index is -3.78. The molecular weight excluding hydrogens is 370 g/mol. The van der Waals surface area contributed by atoms with E-state index in [0.717, 1.165) is 31.5 Å². The lowest BCUT2D eigenvalue weighted by Crippen LogP contribution is -2.33. The van der Waals surface area contributed by atoms with Gasteiger partial charge in [-0.2, -0.15) is 4.31 Å². The predicted octanol–water partition coefficient (Wildman–Crippen LogP) is 2.00. The van der Waals surface area contributed by atoms with Crippen LogP contribution in [0.2, 0.25) is 0 Å². The van der Waals surface area contributed by atoms with Crippen molar-refractivity contribution in [2.24, 2.45) is 0 Å². The third kappa shape index (κ3) is 3.42. The summed E-state index contributed by atoms with van der Waals surface area (Å²) in [6.07, 6.45) is 6.89. The zero-order chi connectivity index (χ0) is 19.0. The van der Waals surface area contributed by atoms with Crippen LogP contribution < -0.4 is 5.32 Å². The van der Waals surface area contributed by atoms with Crippen molar-refractivity contribution in [3.8, 4) is 0 Å². The topological polar surface area (TPSA) is 110 Å². The molecule has 0 bridgehead atoms. The Labute approximate surface area is 157 Å². The number of benzene rings is 1. The number of nitro benzene ring substituents is 1. The Balaban J connectivity index is 1.67. The molecule has 1 N–H and O–H groups in total. The third-order valence-electron chi connectivity index (χ3n) is 5.15. The fourth-order valence-electron chi connectivity index (χ4n) is 3.73. The minimum Gasteiger partial charge on any atom is -0.379 e. The molecule has 1 atom stereocenters. The number of imidazole rings is 1. The summed E-state index contributed by atoms with van der Waals surface area (Å²) in [5.41, 5.74) is 0.194. The van der Waals surface area contributed by atoms with Crippen molar-refractivity contribution in [3.05, 3.63) is 46.5 Å². The van der Waals surface area contributed by atoms with Crippen LogP contribution in [0.25, 0.3) is 0 Å². The van der Waals surface area contributed by atoms with Crippen LogP contribution in [-0.4, -0.2) is 46.3 Å². The largest absolute Gasteiger partial charge is 0.379 e. The maximum atomic E-state index is 13.1. The van der Waals surface area contributed by atoms with E-state index in [1.807, 2.05) is 10.8 Å². The molecule has 10 heteroatoms. The fraction of sp³-hybridized carbons (Fsp3) is 0.471. The summed E-state index contributed by atoms with van der Waals surface area (Å²) < 4.78 is 29.6. The van der Waals surface area contributed by atoms with Gasteiger partial charge in [-0.15, -0.1) is 0 Å². The molecule has 1 saturated heterocycles. The van der Waals surface area contributed by atoms with Gasteiger partial charge in [0.05, 0.1) is 10.6 Å². The number of non-ortho nitro benzene ring substituents is 1. The molecule has 0 amide bonds. The molecule has 0 aliphatic carbocycles. The first-order valence-electron chi connectivity index (χ1n) is 9.00. The van der Waals surface area contributed by atoms with Gasteiger partial charge in [0, 0.05) is 56.6 Å². The van der Waals surface area contributed by atoms with Crippen LogP contribution in [0.1, 0.15) is 25.1 Å². The SMILES string of the molecule is O=[N+]([O-])c1ccc(N[C@H]2CCc3nccn3C2)c(S(=O)(=O)N2CCCC2)c1. The number of rotatable bonds is 5. The van der Waals surface area contributed by atoms with Crippen molar-refractivity contribution >= 4 is 21.4 Å². The van der Waals surface area contributed by atoms with E-state index in [1.54, 1.807) is 6.20 Å². The molecule has 3 heterocycles. The van der Waals surface area contributed by atoms with E-state index < -0.39 is 14.9 Å². The van der Waals surface area contributed by atoms with Gasteiger partial charge < -0.3 is 9.88 Å². The van der Waals surface area contributed by atoms with Crippen LogP contribution in [-0.2, 0) is 23.0 Å². The van der Waals surface area contributed by atoms with E-state index in [0.29, 0.717) is 25.3 Å². The Morgan fingerprint density at radius 2 is 2.04 bits per heavy atom. The Morgan fingerprint density at radius 3 is 2.78 bits per heavy atom. The van der Waals surface area contributed by atoms with E-state index >= 15 is 0 Å². The van der Waals surface area contributed by atoms with Crippen LogP contribution in [0.4, 0.5) is 11.4 Å². The van der Waals surface area contributed by atoms with Gasteiger partial charge in [0.1, 0.15) is 10.7 Å². The molecule has 1 fully saturated rings. The van der Waals surface area contributed by atoms with Crippen LogP contribution in [0.5, 0.6) is 0 Å². The lowest BCUT2D eigenvalue weighted by Gasteiger charge is -2.27. The summed E-state index contributed by atoms with van der Waals surface area (Å²) in [7, 11) is -3.78. The molecule has 144 valence electrons. The molecule has 2 aliphatic rings. The first-order valence-corrected chi connectivity index (χ1v) is 10.4. The highest BCUT2D eigenvalue weighted by Crippen LogP contribution is 2.32. The van der Waals surface area contributed by atoms with Gasteiger partial charge in [-0.25, -0.2) is 13.4 Å². The number of nitrogens with zero attached hydrogens (tertiary/aromatic N) is 4. The van der Waals surface area contributed by atoms with Crippen LogP contribution in [0, 0.1) is 10.1 Å². The Morgan fingerprint density at radius 1 is 1.26 bits per heavy atom. The second-order valence-electron chi connectivity index (χ2n) is 6.92. The number of nitro groups is 1. The van der Waals surface area contributed by atoms with Gasteiger partial charge in [0.2, 0.25) is 10.0 Å². The summed E-state index contributed by atoms with van der Waals surface area (Å²) in [5, 5.41) is 14.5. The van der Waals surface area contributed by atoms with Crippen molar-refractivity contribution in [1.29, 1.82) is 0 Å². The number of anilines is 1. The van der Waals surface area contributed by atoms with Crippen LogP contribution in [0.15, 0.2) is 35.5 Å². The number of fused-ring (bicyclic) bond motifs is 1. The summed E-state index contributed by atoms with van der Waals surface area (Å²) in [6, 6.07) is 4.05. The number of hydrogen-bond acceptors (Lipinski definition) is 6. The van der Waals surface area contributed by atoms with Gasteiger partial charge in [0.25, 0.3) is 5.69 Å². The second kappa shape index (κ2) is 6.93. The number of sulfonamides is 1. The Kier molecular flexibility index (Phi) is 4.60. The minimum absolute atomic E-state index is 0.0185. The lowest BCUT2D eigenvalue weighted by molar-refractivity contribution is -0.385. The maximum absolute atomic E-state index is 13.1. The molecule has 27 heavy (non-hydrogen) atoms. The second-order valence-corrected chi connectivity index (χ2v) is 8.83. The number of hydrogen-bond donors (Lipinski definition) is 1. The fourth-order valence-corrected chi connectivity index (χ4v) is 5.42. The van der Waals surface area contributed by atoms with E-state index in [9.17, 15) is 18.5 Å². The van der Waals surface area contributed by atoms with Crippen molar-refractivity contribution in [2.75, 3.05) is 18.4 Å². The molecule has 0 spiro atoms. The number of nitrogens with one attached hydrogen (secondary N) is 1. The first-order chi connectivity index (χ1) is 12.9. The molecule has 4 rings (SSSR count). The third-order valence-corrected chi connectivity index (χ3v) is 7.09. The van der Waals surface area contributed by atoms with Crippen LogP contribution in [0.3, 0.4) is 0 Å². The zero-order valence-electron chi connectivity index (χ0n) is 14.7. The number of aromatic nitrogens is 2. The lowest BCUT2D eigenvalue weighted by atomic mass is 10.1. The molecule has 1 aromatic carbocycles. The Hall–Kier alpha value is -2.46. The van der Waals surface area contributed by atoms with Gasteiger partial charge in [-0.3, -0.25) is 10.1 Å².